The van der Waals surface area contributed by atoms with E-state index < -0.39 is 5.91 Å². The lowest BCUT2D eigenvalue weighted by atomic mass is 10.4. The van der Waals surface area contributed by atoms with E-state index in [0.717, 1.165) is 0 Å². The molecule has 0 aromatic carbocycles. The lowest BCUT2D eigenvalue weighted by molar-refractivity contribution is 0.0171. The van der Waals surface area contributed by atoms with Gasteiger partial charge in [0, 0.05) is 0 Å². The highest BCUT2D eigenvalue weighted by atomic mass is 35.5. The number of halogens is 1. The van der Waals surface area contributed by atoms with E-state index in [2.05, 4.69) is 10.3 Å². The Balaban J connectivity index is 2.45. The molecule has 1 aromatic heterocycles. The molecule has 0 spiro atoms. The number of amides is 1. The normalized spacial score (nSPS) is 10.0. The predicted molar refractivity (Wildman–Crippen MR) is 49.8 cm³/mol. The molecule has 0 atom stereocenters. The van der Waals surface area contributed by atoms with Gasteiger partial charge in [-0.15, -0.1) is 11.3 Å². The van der Waals surface area contributed by atoms with Gasteiger partial charge in [-0.25, -0.2) is 5.48 Å². The summed E-state index contributed by atoms with van der Waals surface area (Å²) in [5.41, 5.74) is 2.15. The van der Waals surface area contributed by atoms with E-state index in [9.17, 15) is 4.79 Å². The Hall–Kier alpha value is -0.620. The molecule has 1 aromatic rings. The van der Waals surface area contributed by atoms with Crippen LogP contribution in [0.2, 0.25) is 5.02 Å². The molecule has 0 aliphatic rings. The van der Waals surface area contributed by atoms with Crippen molar-refractivity contribution in [3.63, 3.8) is 0 Å². The van der Waals surface area contributed by atoms with Crippen molar-refractivity contribution in [3.05, 3.63) is 21.3 Å². The summed E-state index contributed by atoms with van der Waals surface area (Å²) in [6, 6.07) is 1.63. The van der Waals surface area contributed by atoms with Gasteiger partial charge in [-0.05, 0) is 11.4 Å². The number of aliphatic hydroxyl groups is 1. The van der Waals surface area contributed by atoms with Gasteiger partial charge in [0.2, 0.25) is 0 Å². The number of carbonyl (C=O) groups is 1. The van der Waals surface area contributed by atoms with E-state index >= 15 is 0 Å². The van der Waals surface area contributed by atoms with Gasteiger partial charge in [-0.1, -0.05) is 11.6 Å². The van der Waals surface area contributed by atoms with Gasteiger partial charge in [0.1, 0.15) is 4.88 Å². The van der Waals surface area contributed by atoms with Crippen LogP contribution in [0.5, 0.6) is 0 Å². The van der Waals surface area contributed by atoms with Crippen molar-refractivity contribution < 1.29 is 14.7 Å². The first-order chi connectivity index (χ1) is 6.25. The van der Waals surface area contributed by atoms with Crippen molar-refractivity contribution in [2.75, 3.05) is 13.2 Å². The van der Waals surface area contributed by atoms with Crippen LogP contribution in [0, 0.1) is 0 Å². The van der Waals surface area contributed by atoms with Crippen molar-refractivity contribution in [2.45, 2.75) is 0 Å². The summed E-state index contributed by atoms with van der Waals surface area (Å²) in [6.07, 6.45) is 0. The molecular formula is C7H8ClNO3S. The average Bonchev–Trinajstić information content (AvgIpc) is 2.52. The Labute approximate surface area is 84.0 Å². The molecule has 1 rings (SSSR count). The number of rotatable bonds is 4. The van der Waals surface area contributed by atoms with Crippen LogP contribution in [0.1, 0.15) is 9.67 Å². The maximum absolute atomic E-state index is 11.2. The second kappa shape index (κ2) is 5.18. The molecule has 0 saturated heterocycles. The Kier molecular flexibility index (Phi) is 4.17. The molecule has 0 bridgehead atoms. The smallest absolute Gasteiger partial charge is 0.286 e. The van der Waals surface area contributed by atoms with Crippen LogP contribution in [-0.4, -0.2) is 24.2 Å². The molecule has 0 unspecified atom stereocenters. The summed E-state index contributed by atoms with van der Waals surface area (Å²) < 4.78 is 0. The first-order valence-corrected chi connectivity index (χ1v) is 4.77. The summed E-state index contributed by atoms with van der Waals surface area (Å²) in [4.78, 5) is 16.2. The summed E-state index contributed by atoms with van der Waals surface area (Å²) in [7, 11) is 0. The first-order valence-electron chi connectivity index (χ1n) is 3.51. The van der Waals surface area contributed by atoms with E-state index in [4.69, 9.17) is 16.7 Å². The molecule has 1 heterocycles. The van der Waals surface area contributed by atoms with Crippen LogP contribution in [0.3, 0.4) is 0 Å². The Morgan fingerprint density at radius 2 is 2.54 bits per heavy atom. The lowest BCUT2D eigenvalue weighted by Gasteiger charge is -2.02. The topological polar surface area (TPSA) is 58.6 Å². The SMILES string of the molecule is O=C(NOCCO)c1sccc1Cl. The predicted octanol–water partition coefficient (Wildman–Crippen LogP) is 1.06. The highest BCUT2D eigenvalue weighted by Crippen LogP contribution is 2.21. The summed E-state index contributed by atoms with van der Waals surface area (Å²) in [6.45, 7) is -0.0762. The zero-order chi connectivity index (χ0) is 9.68. The average molecular weight is 222 g/mol. The largest absolute Gasteiger partial charge is 0.394 e. The van der Waals surface area contributed by atoms with Crippen LogP contribution in [0.15, 0.2) is 11.4 Å². The molecule has 72 valence electrons. The van der Waals surface area contributed by atoms with Gasteiger partial charge in [-0.2, -0.15) is 0 Å². The van der Waals surface area contributed by atoms with Crippen LogP contribution in [-0.2, 0) is 4.84 Å². The van der Waals surface area contributed by atoms with Crippen LogP contribution >= 0.6 is 22.9 Å². The van der Waals surface area contributed by atoms with Gasteiger partial charge in [0.25, 0.3) is 5.91 Å². The molecule has 1 amide bonds. The molecule has 6 heteroatoms. The Morgan fingerprint density at radius 3 is 3.08 bits per heavy atom. The second-order valence-electron chi connectivity index (χ2n) is 2.10. The van der Waals surface area contributed by atoms with Crippen LogP contribution in [0.4, 0.5) is 0 Å². The minimum atomic E-state index is -0.395. The first kappa shape index (κ1) is 10.5. The summed E-state index contributed by atoms with van der Waals surface area (Å²) >= 11 is 6.92. The number of nitrogens with one attached hydrogen (secondary N) is 1. The molecule has 0 saturated carbocycles. The van der Waals surface area contributed by atoms with Crippen molar-refractivity contribution in [2.24, 2.45) is 0 Å². The minimum Gasteiger partial charge on any atom is -0.394 e. The standard InChI is InChI=1S/C7H8ClNO3S/c8-5-1-4-13-6(5)7(11)9-12-3-2-10/h1,4,10H,2-3H2,(H,9,11). The van der Waals surface area contributed by atoms with Gasteiger partial charge in [-0.3, -0.25) is 9.63 Å². The molecule has 4 nitrogen and oxygen atoms in total. The fraction of sp³-hybridized carbons (Fsp3) is 0.286. The highest BCUT2D eigenvalue weighted by molar-refractivity contribution is 7.12. The fourth-order valence-electron chi connectivity index (χ4n) is 0.664. The van der Waals surface area contributed by atoms with E-state index in [-0.39, 0.29) is 13.2 Å². The maximum atomic E-state index is 11.2. The van der Waals surface area contributed by atoms with Crippen molar-refractivity contribution in [3.8, 4) is 0 Å². The van der Waals surface area contributed by atoms with E-state index in [1.807, 2.05) is 0 Å². The molecule has 0 aliphatic carbocycles. The molecule has 0 aliphatic heterocycles. The highest BCUT2D eigenvalue weighted by Gasteiger charge is 2.10. The monoisotopic (exact) mass is 221 g/mol. The van der Waals surface area contributed by atoms with Crippen molar-refractivity contribution >= 4 is 28.8 Å². The maximum Gasteiger partial charge on any atom is 0.286 e. The third-order valence-corrected chi connectivity index (χ3v) is 2.52. The number of aliphatic hydroxyl groups excluding tert-OH is 1. The number of hydroxylamine groups is 1. The van der Waals surface area contributed by atoms with Crippen LogP contribution in [0.25, 0.3) is 0 Å². The molecule has 13 heavy (non-hydrogen) atoms. The van der Waals surface area contributed by atoms with E-state index in [0.29, 0.717) is 9.90 Å². The summed E-state index contributed by atoms with van der Waals surface area (Å²) in [5, 5.41) is 10.5. The van der Waals surface area contributed by atoms with Crippen LogP contribution < -0.4 is 5.48 Å². The zero-order valence-electron chi connectivity index (χ0n) is 6.62. The Morgan fingerprint density at radius 1 is 1.77 bits per heavy atom. The molecule has 0 fully saturated rings. The third kappa shape index (κ3) is 2.96. The minimum absolute atomic E-state index is 0.0642. The molecule has 0 radical (unpaired) electrons. The number of hydrogen-bond acceptors (Lipinski definition) is 4. The fourth-order valence-corrected chi connectivity index (χ4v) is 1.69. The summed E-state index contributed by atoms with van der Waals surface area (Å²) in [5.74, 6) is -0.395. The Bertz CT molecular complexity index is 289. The van der Waals surface area contributed by atoms with Gasteiger partial charge in [0.05, 0.1) is 18.2 Å². The third-order valence-electron chi connectivity index (χ3n) is 1.18. The van der Waals surface area contributed by atoms with E-state index in [1.54, 1.807) is 11.4 Å². The molecule has 2 N–H and O–H groups in total. The van der Waals surface area contributed by atoms with Crippen molar-refractivity contribution in [1.29, 1.82) is 0 Å². The number of carbonyl (C=O) groups excluding carboxylic acids is 1. The van der Waals surface area contributed by atoms with Crippen molar-refractivity contribution in [1.82, 2.24) is 5.48 Å². The molecular weight excluding hydrogens is 214 g/mol. The van der Waals surface area contributed by atoms with E-state index in [1.165, 1.54) is 11.3 Å². The zero-order valence-corrected chi connectivity index (χ0v) is 8.19. The lowest BCUT2D eigenvalue weighted by Crippen LogP contribution is -2.24. The number of hydrogen-bond donors (Lipinski definition) is 2. The van der Waals surface area contributed by atoms with Gasteiger partial charge in [0.15, 0.2) is 0 Å². The second-order valence-corrected chi connectivity index (χ2v) is 3.42. The quantitative estimate of drug-likeness (QED) is 0.590. The van der Waals surface area contributed by atoms with Gasteiger partial charge >= 0.3 is 0 Å². The number of thiophene rings is 1. The van der Waals surface area contributed by atoms with Gasteiger partial charge < -0.3 is 5.11 Å².